The maximum atomic E-state index is 13.9. The van der Waals surface area contributed by atoms with Gasteiger partial charge in [0.2, 0.25) is 5.43 Å². The van der Waals surface area contributed by atoms with Gasteiger partial charge in [0.05, 0.1) is 5.56 Å². The molecule has 2 aromatic heterocycles. The van der Waals surface area contributed by atoms with Crippen molar-refractivity contribution < 1.29 is 18.7 Å². The van der Waals surface area contributed by atoms with Crippen LogP contribution in [0.15, 0.2) is 29.2 Å². The lowest BCUT2D eigenvalue weighted by Gasteiger charge is -2.33. The molecule has 0 unspecified atom stereocenters. The normalized spacial score (nSPS) is 13.8. The first-order valence-electron chi connectivity index (χ1n) is 9.30. The minimum Gasteiger partial charge on any atom is -0.503 e. The zero-order valence-corrected chi connectivity index (χ0v) is 17.0. The summed E-state index contributed by atoms with van der Waals surface area (Å²) in [6, 6.07) is 3.23. The number of hydrogen-bond acceptors (Lipinski definition) is 6. The lowest BCUT2D eigenvalue weighted by atomic mass is 10.1. The Hall–Kier alpha value is -3.14. The van der Waals surface area contributed by atoms with Gasteiger partial charge in [-0.15, -0.1) is 10.2 Å². The quantitative estimate of drug-likeness (QED) is 0.685. The molecule has 30 heavy (non-hydrogen) atoms. The van der Waals surface area contributed by atoms with E-state index in [9.17, 15) is 23.5 Å². The molecular formula is C20H18F2N4O3S. The van der Waals surface area contributed by atoms with Gasteiger partial charge in [-0.3, -0.25) is 9.59 Å². The highest BCUT2D eigenvalue weighted by Gasteiger charge is 2.31. The molecule has 1 aliphatic heterocycles. The molecule has 0 saturated carbocycles. The van der Waals surface area contributed by atoms with Crippen molar-refractivity contribution in [2.45, 2.75) is 32.9 Å². The van der Waals surface area contributed by atoms with Crippen LogP contribution in [-0.4, -0.2) is 43.3 Å². The van der Waals surface area contributed by atoms with Gasteiger partial charge in [0, 0.05) is 37.8 Å². The molecule has 3 aromatic rings. The van der Waals surface area contributed by atoms with E-state index in [1.807, 2.05) is 13.8 Å². The van der Waals surface area contributed by atoms with Crippen molar-refractivity contribution in [1.29, 1.82) is 0 Å². The summed E-state index contributed by atoms with van der Waals surface area (Å²) in [6.07, 6.45) is 1.58. The minimum atomic E-state index is -0.712. The van der Waals surface area contributed by atoms with Crippen molar-refractivity contribution >= 4 is 17.2 Å². The first kappa shape index (κ1) is 20.1. The van der Waals surface area contributed by atoms with E-state index in [-0.39, 0.29) is 34.3 Å². The monoisotopic (exact) mass is 432 g/mol. The Morgan fingerprint density at radius 2 is 1.97 bits per heavy atom. The number of nitrogens with zero attached hydrogens (tertiary/aromatic N) is 4. The summed E-state index contributed by atoms with van der Waals surface area (Å²) in [6.45, 7) is 4.61. The van der Waals surface area contributed by atoms with Crippen molar-refractivity contribution in [3.8, 4) is 16.3 Å². The van der Waals surface area contributed by atoms with Gasteiger partial charge in [0.25, 0.3) is 5.91 Å². The van der Waals surface area contributed by atoms with Crippen LogP contribution in [-0.2, 0) is 13.0 Å². The van der Waals surface area contributed by atoms with E-state index < -0.39 is 28.7 Å². The standard InChI is InChI=1S/C20H18F2N4O3S/c1-10(2)26-6-5-25-9-13(17(27)18(28)16(25)20(26)29)19-24-23-15(30-19)7-11-3-4-12(21)8-14(11)22/h3-4,8-10,28H,5-7H2,1-2H3. The number of carbonyl (C=O) groups excluding carboxylic acids is 1. The van der Waals surface area contributed by atoms with E-state index in [1.165, 1.54) is 12.3 Å². The molecule has 0 saturated heterocycles. The number of pyridine rings is 1. The Balaban J connectivity index is 1.69. The number of fused-ring (bicyclic) bond motifs is 1. The molecule has 0 bridgehead atoms. The van der Waals surface area contributed by atoms with Crippen LogP contribution in [0.1, 0.15) is 34.9 Å². The maximum Gasteiger partial charge on any atom is 0.274 e. The highest BCUT2D eigenvalue weighted by Crippen LogP contribution is 2.28. The Kier molecular flexibility index (Phi) is 5.10. The molecule has 1 aromatic carbocycles. The fourth-order valence-corrected chi connectivity index (χ4v) is 4.28. The van der Waals surface area contributed by atoms with Gasteiger partial charge in [0.15, 0.2) is 16.5 Å². The topological polar surface area (TPSA) is 88.3 Å². The van der Waals surface area contributed by atoms with E-state index in [2.05, 4.69) is 10.2 Å². The van der Waals surface area contributed by atoms with E-state index in [0.29, 0.717) is 18.1 Å². The average Bonchev–Trinajstić information content (AvgIpc) is 3.15. The van der Waals surface area contributed by atoms with Gasteiger partial charge >= 0.3 is 0 Å². The average molecular weight is 432 g/mol. The highest BCUT2D eigenvalue weighted by molar-refractivity contribution is 7.14. The van der Waals surface area contributed by atoms with Gasteiger partial charge in [-0.2, -0.15) is 0 Å². The van der Waals surface area contributed by atoms with Gasteiger partial charge in [0.1, 0.15) is 16.6 Å². The molecule has 156 valence electrons. The Labute approximate surface area is 174 Å². The van der Waals surface area contributed by atoms with Crippen LogP contribution in [0.5, 0.6) is 5.75 Å². The number of rotatable bonds is 4. The van der Waals surface area contributed by atoms with Gasteiger partial charge in [-0.25, -0.2) is 8.78 Å². The van der Waals surface area contributed by atoms with Crippen molar-refractivity contribution in [2.24, 2.45) is 0 Å². The first-order valence-corrected chi connectivity index (χ1v) is 10.1. The zero-order valence-electron chi connectivity index (χ0n) is 16.2. The molecule has 0 aliphatic carbocycles. The summed E-state index contributed by atoms with van der Waals surface area (Å²) in [4.78, 5) is 27.0. The number of aromatic hydroxyl groups is 1. The second kappa shape index (κ2) is 7.60. The van der Waals surface area contributed by atoms with E-state index in [1.54, 1.807) is 9.47 Å². The number of hydrogen-bond donors (Lipinski definition) is 1. The summed E-state index contributed by atoms with van der Waals surface area (Å²) in [5, 5.41) is 19.1. The minimum absolute atomic E-state index is 0.0400. The SMILES string of the molecule is CC(C)N1CCn2cc(-c3nnc(Cc4ccc(F)cc4F)s3)c(=O)c(O)c2C1=O. The lowest BCUT2D eigenvalue weighted by Crippen LogP contribution is -2.45. The highest BCUT2D eigenvalue weighted by atomic mass is 32.1. The van der Waals surface area contributed by atoms with Gasteiger partial charge in [-0.05, 0) is 25.5 Å². The number of benzene rings is 1. The van der Waals surface area contributed by atoms with Crippen molar-refractivity contribution in [3.63, 3.8) is 0 Å². The second-order valence-corrected chi connectivity index (χ2v) is 8.33. The van der Waals surface area contributed by atoms with Crippen molar-refractivity contribution in [3.05, 3.63) is 62.5 Å². The second-order valence-electron chi connectivity index (χ2n) is 7.27. The van der Waals surface area contributed by atoms with Gasteiger partial charge in [-0.1, -0.05) is 17.4 Å². The summed E-state index contributed by atoms with van der Waals surface area (Å²) < 4.78 is 28.5. The van der Waals surface area contributed by atoms with Crippen LogP contribution < -0.4 is 5.43 Å². The molecule has 10 heteroatoms. The first-order chi connectivity index (χ1) is 14.3. The molecule has 1 amide bonds. The Bertz CT molecular complexity index is 1210. The van der Waals surface area contributed by atoms with Crippen LogP contribution in [0, 0.1) is 11.6 Å². The van der Waals surface area contributed by atoms with Crippen LogP contribution in [0.2, 0.25) is 0 Å². The lowest BCUT2D eigenvalue weighted by molar-refractivity contribution is 0.0642. The molecule has 0 fully saturated rings. The summed E-state index contributed by atoms with van der Waals surface area (Å²) in [7, 11) is 0. The summed E-state index contributed by atoms with van der Waals surface area (Å²) >= 11 is 1.07. The molecule has 4 rings (SSSR count). The van der Waals surface area contributed by atoms with Crippen LogP contribution in [0.4, 0.5) is 8.78 Å². The van der Waals surface area contributed by atoms with E-state index in [4.69, 9.17) is 0 Å². The smallest absolute Gasteiger partial charge is 0.274 e. The number of carbonyl (C=O) groups is 1. The molecule has 1 aliphatic rings. The zero-order chi connectivity index (χ0) is 21.6. The maximum absolute atomic E-state index is 13.9. The number of halogens is 2. The summed E-state index contributed by atoms with van der Waals surface area (Å²) in [5.41, 5.74) is -0.383. The molecule has 0 atom stereocenters. The molecule has 3 heterocycles. The third-order valence-electron chi connectivity index (χ3n) is 4.98. The molecule has 0 spiro atoms. The van der Waals surface area contributed by atoms with Crippen LogP contribution in [0.3, 0.4) is 0 Å². The largest absolute Gasteiger partial charge is 0.503 e. The molecule has 7 nitrogen and oxygen atoms in total. The predicted octanol–water partition coefficient (Wildman–Crippen LogP) is 2.81. The van der Waals surface area contributed by atoms with Crippen LogP contribution >= 0.6 is 11.3 Å². The number of aromatic nitrogens is 3. The third-order valence-corrected chi connectivity index (χ3v) is 5.94. The van der Waals surface area contributed by atoms with Gasteiger partial charge < -0.3 is 14.6 Å². The van der Waals surface area contributed by atoms with Crippen molar-refractivity contribution in [2.75, 3.05) is 6.54 Å². The molecular weight excluding hydrogens is 414 g/mol. The Morgan fingerprint density at radius 3 is 2.67 bits per heavy atom. The fraction of sp³-hybridized carbons (Fsp3) is 0.300. The third kappa shape index (κ3) is 3.47. The molecule has 1 N–H and O–H groups in total. The van der Waals surface area contributed by atoms with E-state index >= 15 is 0 Å². The van der Waals surface area contributed by atoms with E-state index in [0.717, 1.165) is 23.5 Å². The predicted molar refractivity (Wildman–Crippen MR) is 107 cm³/mol. The Morgan fingerprint density at radius 1 is 1.20 bits per heavy atom. The van der Waals surface area contributed by atoms with Crippen molar-refractivity contribution in [1.82, 2.24) is 19.7 Å². The fourth-order valence-electron chi connectivity index (χ4n) is 3.41. The molecule has 0 radical (unpaired) electrons. The number of amides is 1. The van der Waals surface area contributed by atoms with Crippen LogP contribution in [0.25, 0.3) is 10.6 Å². The summed E-state index contributed by atoms with van der Waals surface area (Å²) in [5.74, 6) is -2.38.